The second-order valence-corrected chi connectivity index (χ2v) is 7.98. The molecule has 1 heterocycles. The van der Waals surface area contributed by atoms with Crippen molar-refractivity contribution in [3.8, 4) is 28.7 Å². The summed E-state index contributed by atoms with van der Waals surface area (Å²) in [6, 6.07) is 8.56. The van der Waals surface area contributed by atoms with Crippen LogP contribution in [0, 0.1) is 5.92 Å². The summed E-state index contributed by atoms with van der Waals surface area (Å²) in [7, 11) is 4.41. The van der Waals surface area contributed by atoms with Crippen molar-refractivity contribution < 1.29 is 39.4 Å². The Kier molecular flexibility index (Phi) is 8.06. The van der Waals surface area contributed by atoms with E-state index in [-0.39, 0.29) is 41.6 Å². The Morgan fingerprint density at radius 2 is 1.59 bits per heavy atom. The third-order valence-electron chi connectivity index (χ3n) is 6.02. The highest BCUT2D eigenvalue weighted by atomic mass is 16.5. The van der Waals surface area contributed by atoms with Crippen molar-refractivity contribution in [3.05, 3.63) is 41.5 Å². The molecule has 0 spiro atoms. The van der Waals surface area contributed by atoms with Gasteiger partial charge in [0.15, 0.2) is 23.0 Å². The number of ether oxygens (including phenoxy) is 4. The molecule has 2 aromatic rings. The molecule has 8 nitrogen and oxygen atoms in total. The fourth-order valence-corrected chi connectivity index (χ4v) is 4.30. The smallest absolute Gasteiger partial charge is 0.200 e. The van der Waals surface area contributed by atoms with E-state index in [1.54, 1.807) is 24.3 Å². The number of benzene rings is 2. The van der Waals surface area contributed by atoms with Crippen molar-refractivity contribution in [3.63, 3.8) is 0 Å². The molecule has 1 saturated heterocycles. The summed E-state index contributed by atoms with van der Waals surface area (Å²) in [6.07, 6.45) is 0.755. The Balaban J connectivity index is 1.82. The molecular weight excluding hydrogens is 416 g/mol. The lowest BCUT2D eigenvalue weighted by molar-refractivity contribution is -0.144. The standard InChI is InChI=1S/C24H32O8/c1-29-20-10-14(5-7-18(20)26)4-6-16-13-19(27)17(8-9-25)24(32-16)15-11-21(30-2)23(28)22(12-15)31-3/h5,7,10-12,16-17,19,24-28H,4,6,8-9,13H2,1-3H3/t16-,17-,19-,24+/m0/s1. The largest absolute Gasteiger partial charge is 0.504 e. The molecule has 1 fully saturated rings. The third kappa shape index (κ3) is 5.20. The van der Waals surface area contributed by atoms with Crippen LogP contribution in [-0.2, 0) is 11.2 Å². The monoisotopic (exact) mass is 448 g/mol. The average Bonchev–Trinajstić information content (AvgIpc) is 2.80. The van der Waals surface area contributed by atoms with E-state index in [9.17, 15) is 20.4 Å². The van der Waals surface area contributed by atoms with Crippen molar-refractivity contribution >= 4 is 0 Å². The Morgan fingerprint density at radius 1 is 0.938 bits per heavy atom. The van der Waals surface area contributed by atoms with Crippen molar-refractivity contribution in [2.75, 3.05) is 27.9 Å². The van der Waals surface area contributed by atoms with Gasteiger partial charge in [0.05, 0.1) is 39.6 Å². The van der Waals surface area contributed by atoms with E-state index in [0.29, 0.717) is 37.0 Å². The van der Waals surface area contributed by atoms with Crippen LogP contribution >= 0.6 is 0 Å². The summed E-state index contributed by atoms with van der Waals surface area (Å²) >= 11 is 0. The van der Waals surface area contributed by atoms with Crippen LogP contribution in [0.1, 0.15) is 36.5 Å². The molecule has 32 heavy (non-hydrogen) atoms. The molecule has 176 valence electrons. The molecule has 4 atom stereocenters. The van der Waals surface area contributed by atoms with Gasteiger partial charge in [-0.05, 0) is 61.1 Å². The fourth-order valence-electron chi connectivity index (χ4n) is 4.30. The van der Waals surface area contributed by atoms with E-state index in [1.807, 2.05) is 6.07 Å². The Morgan fingerprint density at radius 3 is 2.19 bits per heavy atom. The number of hydrogen-bond acceptors (Lipinski definition) is 8. The summed E-state index contributed by atoms with van der Waals surface area (Å²) < 4.78 is 22.1. The SMILES string of the molecule is COc1cc(CC[C@H]2C[C@H](O)[C@H](CCO)[C@@H](c3cc(OC)c(O)c(OC)c3)O2)ccc1O. The van der Waals surface area contributed by atoms with Crippen molar-refractivity contribution in [1.82, 2.24) is 0 Å². The summed E-state index contributed by atoms with van der Waals surface area (Å²) in [6.45, 7) is -0.0775. The van der Waals surface area contributed by atoms with Gasteiger partial charge in [0, 0.05) is 12.5 Å². The molecular formula is C24H32O8. The van der Waals surface area contributed by atoms with Crippen molar-refractivity contribution in [2.24, 2.45) is 5.92 Å². The third-order valence-corrected chi connectivity index (χ3v) is 6.02. The zero-order valence-electron chi connectivity index (χ0n) is 18.7. The van der Waals surface area contributed by atoms with Crippen LogP contribution in [0.15, 0.2) is 30.3 Å². The maximum atomic E-state index is 10.9. The van der Waals surface area contributed by atoms with Gasteiger partial charge in [-0.15, -0.1) is 0 Å². The number of rotatable bonds is 9. The van der Waals surface area contributed by atoms with E-state index in [1.165, 1.54) is 21.3 Å². The quantitative estimate of drug-likeness (QED) is 0.463. The number of phenols is 2. The molecule has 0 bridgehead atoms. The molecule has 1 aliphatic rings. The lowest BCUT2D eigenvalue weighted by Crippen LogP contribution is -2.40. The van der Waals surface area contributed by atoms with Crippen LogP contribution in [0.5, 0.6) is 28.7 Å². The van der Waals surface area contributed by atoms with Crippen molar-refractivity contribution in [1.29, 1.82) is 0 Å². The molecule has 8 heteroatoms. The van der Waals surface area contributed by atoms with Gasteiger partial charge in [0.25, 0.3) is 0 Å². The Bertz CT molecular complexity index is 875. The van der Waals surface area contributed by atoms with Crippen LogP contribution in [0.4, 0.5) is 0 Å². The van der Waals surface area contributed by atoms with E-state index in [2.05, 4.69) is 0 Å². The molecule has 0 unspecified atom stereocenters. The lowest BCUT2D eigenvalue weighted by Gasteiger charge is -2.40. The minimum Gasteiger partial charge on any atom is -0.504 e. The normalized spacial score (nSPS) is 23.0. The van der Waals surface area contributed by atoms with Crippen LogP contribution in [0.2, 0.25) is 0 Å². The first-order valence-corrected chi connectivity index (χ1v) is 10.7. The van der Waals surface area contributed by atoms with Crippen LogP contribution in [0.25, 0.3) is 0 Å². The molecule has 4 N–H and O–H groups in total. The summed E-state index contributed by atoms with van der Waals surface area (Å²) in [4.78, 5) is 0. The number of aliphatic hydroxyl groups excluding tert-OH is 2. The second-order valence-electron chi connectivity index (χ2n) is 7.98. The number of hydrogen-bond donors (Lipinski definition) is 4. The minimum absolute atomic E-state index is 0.0775. The predicted octanol–water partition coefficient (Wildman–Crippen LogP) is 2.95. The number of phenolic OH excluding ortho intramolecular Hbond substituents is 2. The van der Waals surface area contributed by atoms with Gasteiger partial charge < -0.3 is 39.4 Å². The average molecular weight is 449 g/mol. The van der Waals surface area contributed by atoms with Gasteiger partial charge in [0.2, 0.25) is 5.75 Å². The van der Waals surface area contributed by atoms with Gasteiger partial charge >= 0.3 is 0 Å². The molecule has 2 aromatic carbocycles. The van der Waals surface area contributed by atoms with E-state index < -0.39 is 12.2 Å². The second kappa shape index (κ2) is 10.8. The van der Waals surface area contributed by atoms with Crippen LogP contribution in [0.3, 0.4) is 0 Å². The van der Waals surface area contributed by atoms with Gasteiger partial charge in [-0.1, -0.05) is 6.07 Å². The minimum atomic E-state index is -0.661. The number of methoxy groups -OCH3 is 3. The van der Waals surface area contributed by atoms with E-state index in [0.717, 1.165) is 5.56 Å². The van der Waals surface area contributed by atoms with Gasteiger partial charge in [-0.25, -0.2) is 0 Å². The summed E-state index contributed by atoms with van der Waals surface area (Å²) in [5.74, 6) is 0.576. The molecule has 0 aromatic heterocycles. The number of aliphatic hydroxyl groups is 2. The van der Waals surface area contributed by atoms with Gasteiger partial charge in [-0.2, -0.15) is 0 Å². The first kappa shape index (κ1) is 24.0. The first-order valence-electron chi connectivity index (χ1n) is 10.7. The van der Waals surface area contributed by atoms with Crippen LogP contribution < -0.4 is 14.2 Å². The van der Waals surface area contributed by atoms with Gasteiger partial charge in [0.1, 0.15) is 0 Å². The number of aromatic hydroxyl groups is 2. The predicted molar refractivity (Wildman–Crippen MR) is 118 cm³/mol. The fraction of sp³-hybridized carbons (Fsp3) is 0.500. The summed E-state index contributed by atoms with van der Waals surface area (Å²) in [5.41, 5.74) is 1.68. The molecule has 1 aliphatic heterocycles. The highest BCUT2D eigenvalue weighted by Gasteiger charge is 2.39. The lowest BCUT2D eigenvalue weighted by atomic mass is 9.82. The molecule has 3 rings (SSSR count). The van der Waals surface area contributed by atoms with E-state index in [4.69, 9.17) is 18.9 Å². The molecule has 0 radical (unpaired) electrons. The van der Waals surface area contributed by atoms with Crippen molar-refractivity contribution in [2.45, 2.75) is 44.0 Å². The zero-order valence-corrected chi connectivity index (χ0v) is 18.7. The summed E-state index contributed by atoms with van der Waals surface area (Å²) in [5, 5.41) is 40.5. The maximum absolute atomic E-state index is 10.9. The Hall–Kier alpha value is -2.68. The molecule has 0 amide bonds. The number of aryl methyl sites for hydroxylation is 1. The van der Waals surface area contributed by atoms with Gasteiger partial charge in [-0.3, -0.25) is 0 Å². The first-order chi connectivity index (χ1) is 15.4. The van der Waals surface area contributed by atoms with Crippen LogP contribution in [-0.4, -0.2) is 60.6 Å². The molecule has 0 aliphatic carbocycles. The Labute approximate surface area is 187 Å². The highest BCUT2D eigenvalue weighted by molar-refractivity contribution is 5.53. The topological polar surface area (TPSA) is 118 Å². The molecule has 0 saturated carbocycles. The van der Waals surface area contributed by atoms with E-state index >= 15 is 0 Å². The zero-order chi connectivity index (χ0) is 23.3. The maximum Gasteiger partial charge on any atom is 0.200 e. The highest BCUT2D eigenvalue weighted by Crippen LogP contribution is 2.45.